The lowest BCUT2D eigenvalue weighted by Gasteiger charge is -2.29. The maximum atomic E-state index is 9.77. The average molecular weight is 228 g/mol. The maximum absolute atomic E-state index is 9.77. The van der Waals surface area contributed by atoms with E-state index >= 15 is 0 Å². The molecule has 3 fully saturated rings. The van der Waals surface area contributed by atoms with E-state index in [-0.39, 0.29) is 18.1 Å². The molecule has 1 saturated heterocycles. The molecule has 4 heteroatoms. The Balaban J connectivity index is 1.70. The van der Waals surface area contributed by atoms with Gasteiger partial charge in [0, 0.05) is 11.8 Å². The molecule has 7 atom stereocenters. The van der Waals surface area contributed by atoms with Gasteiger partial charge in [0.05, 0.1) is 12.2 Å². The number of hydrogen-bond acceptors (Lipinski definition) is 4. The lowest BCUT2D eigenvalue weighted by molar-refractivity contribution is -0.203. The minimum atomic E-state index is -0.718. The van der Waals surface area contributed by atoms with E-state index in [1.807, 2.05) is 13.8 Å². The Morgan fingerprint density at radius 2 is 1.94 bits per heavy atom. The van der Waals surface area contributed by atoms with E-state index in [2.05, 4.69) is 0 Å². The van der Waals surface area contributed by atoms with E-state index in [1.165, 1.54) is 0 Å². The summed E-state index contributed by atoms with van der Waals surface area (Å²) < 4.78 is 11.3. The van der Waals surface area contributed by atoms with Crippen LogP contribution < -0.4 is 0 Å². The standard InChI is InChI=1S/C12H20O4/c1-5(2)11(13)15-9-6-3-7-8(4-6)12(14)16-10(7)9/h5-14H,3-4H2,1-2H3/t6?,7?,8?,9?,10?,11?,12-/m0/s1. The smallest absolute Gasteiger partial charge is 0.158 e. The lowest BCUT2D eigenvalue weighted by atomic mass is 9.87. The zero-order valence-corrected chi connectivity index (χ0v) is 9.74. The van der Waals surface area contributed by atoms with Crippen molar-refractivity contribution < 1.29 is 19.7 Å². The van der Waals surface area contributed by atoms with Crippen LogP contribution in [0.1, 0.15) is 26.7 Å². The number of aliphatic hydroxyl groups excluding tert-OH is 2. The van der Waals surface area contributed by atoms with Gasteiger partial charge < -0.3 is 19.7 Å². The van der Waals surface area contributed by atoms with Gasteiger partial charge in [-0.25, -0.2) is 0 Å². The summed E-state index contributed by atoms with van der Waals surface area (Å²) in [7, 11) is 0. The van der Waals surface area contributed by atoms with Crippen molar-refractivity contribution in [3.63, 3.8) is 0 Å². The van der Waals surface area contributed by atoms with Gasteiger partial charge in [0.2, 0.25) is 0 Å². The molecule has 16 heavy (non-hydrogen) atoms. The second kappa shape index (κ2) is 3.67. The third kappa shape index (κ3) is 1.44. The number of ether oxygens (including phenoxy) is 2. The molecule has 2 bridgehead atoms. The monoisotopic (exact) mass is 228 g/mol. The molecule has 92 valence electrons. The number of hydrogen-bond donors (Lipinski definition) is 2. The Hall–Kier alpha value is -0.160. The van der Waals surface area contributed by atoms with Crippen LogP contribution in [0.2, 0.25) is 0 Å². The molecule has 1 heterocycles. The molecule has 0 aromatic rings. The van der Waals surface area contributed by atoms with E-state index < -0.39 is 12.6 Å². The third-order valence-electron chi connectivity index (χ3n) is 4.44. The van der Waals surface area contributed by atoms with Crippen molar-refractivity contribution in [3.8, 4) is 0 Å². The van der Waals surface area contributed by atoms with Crippen LogP contribution in [0.3, 0.4) is 0 Å². The summed E-state index contributed by atoms with van der Waals surface area (Å²) in [6.45, 7) is 3.87. The van der Waals surface area contributed by atoms with Crippen LogP contribution in [0.15, 0.2) is 0 Å². The van der Waals surface area contributed by atoms with Gasteiger partial charge in [-0.05, 0) is 24.7 Å². The predicted molar refractivity (Wildman–Crippen MR) is 56.3 cm³/mol. The topological polar surface area (TPSA) is 58.9 Å². The third-order valence-corrected chi connectivity index (χ3v) is 4.44. The minimum absolute atomic E-state index is 0.00662. The Morgan fingerprint density at radius 1 is 1.25 bits per heavy atom. The van der Waals surface area contributed by atoms with Crippen molar-refractivity contribution in [3.05, 3.63) is 0 Å². The molecular formula is C12H20O4. The van der Waals surface area contributed by atoms with Gasteiger partial charge in [0.15, 0.2) is 12.6 Å². The average Bonchev–Trinajstić information content (AvgIpc) is 2.81. The predicted octanol–water partition coefficient (Wildman–Crippen LogP) is 0.719. The second-order valence-corrected chi connectivity index (χ2v) is 5.79. The van der Waals surface area contributed by atoms with Gasteiger partial charge in [-0.2, -0.15) is 0 Å². The molecule has 4 nitrogen and oxygen atoms in total. The van der Waals surface area contributed by atoms with Gasteiger partial charge in [-0.3, -0.25) is 0 Å². The normalized spacial score (nSPS) is 51.6. The number of aliphatic hydroxyl groups is 2. The minimum Gasteiger partial charge on any atom is -0.368 e. The fraction of sp³-hybridized carbons (Fsp3) is 1.00. The molecule has 6 unspecified atom stereocenters. The van der Waals surface area contributed by atoms with Gasteiger partial charge in [0.25, 0.3) is 0 Å². The molecule has 2 aliphatic carbocycles. The van der Waals surface area contributed by atoms with Crippen molar-refractivity contribution in [2.24, 2.45) is 23.7 Å². The fourth-order valence-corrected chi connectivity index (χ4v) is 3.58. The highest BCUT2D eigenvalue weighted by Gasteiger charge is 2.61. The summed E-state index contributed by atoms with van der Waals surface area (Å²) in [4.78, 5) is 0. The van der Waals surface area contributed by atoms with Crippen LogP contribution in [-0.2, 0) is 9.47 Å². The highest BCUT2D eigenvalue weighted by atomic mass is 16.7. The first kappa shape index (κ1) is 11.0. The molecule has 0 spiro atoms. The van der Waals surface area contributed by atoms with Crippen molar-refractivity contribution in [1.29, 1.82) is 0 Å². The van der Waals surface area contributed by atoms with Crippen LogP contribution in [0, 0.1) is 23.7 Å². The van der Waals surface area contributed by atoms with Gasteiger partial charge in [0.1, 0.15) is 0 Å². The molecule has 2 saturated carbocycles. The fourth-order valence-electron chi connectivity index (χ4n) is 3.58. The highest BCUT2D eigenvalue weighted by molar-refractivity contribution is 5.07. The molecule has 0 radical (unpaired) electrons. The van der Waals surface area contributed by atoms with E-state index in [0.717, 1.165) is 12.8 Å². The summed E-state index contributed by atoms with van der Waals surface area (Å²) in [6, 6.07) is 0. The first-order valence-electron chi connectivity index (χ1n) is 6.25. The van der Waals surface area contributed by atoms with Crippen molar-refractivity contribution in [1.82, 2.24) is 0 Å². The summed E-state index contributed by atoms with van der Waals surface area (Å²) in [5, 5.41) is 19.5. The Bertz CT molecular complexity index is 280. The zero-order valence-electron chi connectivity index (χ0n) is 9.74. The Morgan fingerprint density at radius 3 is 2.62 bits per heavy atom. The van der Waals surface area contributed by atoms with Crippen molar-refractivity contribution >= 4 is 0 Å². The lowest BCUT2D eigenvalue weighted by Crippen LogP contribution is -2.38. The van der Waals surface area contributed by atoms with E-state index in [0.29, 0.717) is 17.8 Å². The summed E-state index contributed by atoms with van der Waals surface area (Å²) in [6.07, 6.45) is 0.733. The van der Waals surface area contributed by atoms with Crippen LogP contribution in [0.25, 0.3) is 0 Å². The maximum Gasteiger partial charge on any atom is 0.158 e. The molecule has 0 aromatic heterocycles. The second-order valence-electron chi connectivity index (χ2n) is 5.79. The van der Waals surface area contributed by atoms with E-state index in [9.17, 15) is 10.2 Å². The van der Waals surface area contributed by atoms with E-state index in [4.69, 9.17) is 9.47 Å². The SMILES string of the molecule is CC(C)C(O)OC1C2CC3C1O[C@H](O)C3C2. The summed E-state index contributed by atoms with van der Waals surface area (Å²) in [5.74, 6) is 1.32. The van der Waals surface area contributed by atoms with Gasteiger partial charge in [-0.15, -0.1) is 0 Å². The summed E-state index contributed by atoms with van der Waals surface area (Å²) in [5.41, 5.74) is 0. The Kier molecular flexibility index (Phi) is 2.51. The largest absolute Gasteiger partial charge is 0.368 e. The summed E-state index contributed by atoms with van der Waals surface area (Å²) >= 11 is 0. The van der Waals surface area contributed by atoms with Crippen LogP contribution in [-0.4, -0.2) is 35.0 Å². The highest BCUT2D eigenvalue weighted by Crippen LogP contribution is 2.56. The zero-order chi connectivity index (χ0) is 11.4. The first-order chi connectivity index (χ1) is 7.58. The van der Waals surface area contributed by atoms with Crippen molar-refractivity contribution in [2.45, 2.75) is 51.5 Å². The Labute approximate surface area is 95.6 Å². The van der Waals surface area contributed by atoms with Gasteiger partial charge in [-0.1, -0.05) is 13.8 Å². The van der Waals surface area contributed by atoms with Crippen LogP contribution in [0.5, 0.6) is 0 Å². The molecule has 3 rings (SSSR count). The molecule has 1 aliphatic heterocycles. The molecule has 3 aliphatic rings. The van der Waals surface area contributed by atoms with Crippen LogP contribution in [0.4, 0.5) is 0 Å². The number of fused-ring (bicyclic) bond motifs is 1. The molecule has 0 amide bonds. The number of rotatable bonds is 3. The first-order valence-corrected chi connectivity index (χ1v) is 6.25. The van der Waals surface area contributed by atoms with Crippen LogP contribution >= 0.6 is 0 Å². The van der Waals surface area contributed by atoms with E-state index in [1.54, 1.807) is 0 Å². The van der Waals surface area contributed by atoms with Crippen molar-refractivity contribution in [2.75, 3.05) is 0 Å². The molecular weight excluding hydrogens is 208 g/mol. The molecule has 2 N–H and O–H groups in total. The quantitative estimate of drug-likeness (QED) is 0.699. The van der Waals surface area contributed by atoms with Gasteiger partial charge >= 0.3 is 0 Å². The molecule has 0 aromatic carbocycles.